The maximum atomic E-state index is 5.82. The molecule has 0 saturated heterocycles. The second-order valence-electron chi connectivity index (χ2n) is 6.42. The van der Waals surface area contributed by atoms with E-state index in [1.165, 1.54) is 12.8 Å². The lowest BCUT2D eigenvalue weighted by molar-refractivity contribution is 0.483. The molecule has 3 rings (SSSR count). The number of aryl methyl sites for hydroxylation is 1. The summed E-state index contributed by atoms with van der Waals surface area (Å²) in [7, 11) is 0. The quantitative estimate of drug-likeness (QED) is 0.462. The van der Waals surface area contributed by atoms with E-state index in [1.54, 1.807) is 0 Å². The Bertz CT molecular complexity index is 835. The Labute approximate surface area is 160 Å². The van der Waals surface area contributed by atoms with E-state index in [2.05, 4.69) is 27.5 Å². The first-order valence-electron chi connectivity index (χ1n) is 9.42. The number of benzene rings is 2. The molecule has 0 bridgehead atoms. The SMILES string of the molecule is CCCCCNc1cc(C)nc(Nc2ccc(Oc3ccccc3)cc2)n1. The van der Waals surface area contributed by atoms with Gasteiger partial charge in [-0.05, 0) is 49.7 Å². The summed E-state index contributed by atoms with van der Waals surface area (Å²) in [5.41, 5.74) is 1.84. The van der Waals surface area contributed by atoms with Gasteiger partial charge in [-0.2, -0.15) is 4.98 Å². The van der Waals surface area contributed by atoms with E-state index in [9.17, 15) is 0 Å². The van der Waals surface area contributed by atoms with Gasteiger partial charge in [-0.25, -0.2) is 4.98 Å². The molecule has 0 amide bonds. The number of rotatable bonds is 9. The molecule has 0 unspecified atom stereocenters. The summed E-state index contributed by atoms with van der Waals surface area (Å²) >= 11 is 0. The van der Waals surface area contributed by atoms with E-state index >= 15 is 0 Å². The van der Waals surface area contributed by atoms with Gasteiger partial charge >= 0.3 is 0 Å². The Morgan fingerprint density at radius 2 is 1.63 bits per heavy atom. The van der Waals surface area contributed by atoms with Gasteiger partial charge < -0.3 is 15.4 Å². The zero-order valence-electron chi connectivity index (χ0n) is 15.9. The summed E-state index contributed by atoms with van der Waals surface area (Å²) in [5, 5.41) is 6.63. The van der Waals surface area contributed by atoms with Crippen LogP contribution < -0.4 is 15.4 Å². The molecule has 0 fully saturated rings. The van der Waals surface area contributed by atoms with Crippen LogP contribution in [0, 0.1) is 6.92 Å². The highest BCUT2D eigenvalue weighted by atomic mass is 16.5. The third kappa shape index (κ3) is 5.99. The van der Waals surface area contributed by atoms with Crippen LogP contribution in [0.1, 0.15) is 31.9 Å². The Balaban J connectivity index is 1.61. The third-order valence-corrected chi connectivity index (χ3v) is 4.03. The number of aromatic nitrogens is 2. The molecule has 3 aromatic rings. The largest absolute Gasteiger partial charge is 0.457 e. The molecule has 0 saturated carbocycles. The van der Waals surface area contributed by atoms with Crippen molar-refractivity contribution in [3.8, 4) is 11.5 Å². The van der Waals surface area contributed by atoms with E-state index in [4.69, 9.17) is 4.74 Å². The molecule has 1 aromatic heterocycles. The first kappa shape index (κ1) is 18.7. The maximum Gasteiger partial charge on any atom is 0.229 e. The number of nitrogens with zero attached hydrogens (tertiary/aromatic N) is 2. The topological polar surface area (TPSA) is 59.1 Å². The minimum absolute atomic E-state index is 0.588. The molecule has 0 radical (unpaired) electrons. The van der Waals surface area contributed by atoms with Gasteiger partial charge in [0, 0.05) is 24.0 Å². The predicted molar refractivity (Wildman–Crippen MR) is 111 cm³/mol. The fourth-order valence-electron chi connectivity index (χ4n) is 2.67. The van der Waals surface area contributed by atoms with Gasteiger partial charge in [-0.15, -0.1) is 0 Å². The van der Waals surface area contributed by atoms with E-state index < -0.39 is 0 Å². The monoisotopic (exact) mass is 362 g/mol. The number of para-hydroxylation sites is 1. The number of ether oxygens (including phenoxy) is 1. The van der Waals surface area contributed by atoms with Crippen molar-refractivity contribution in [1.82, 2.24) is 9.97 Å². The van der Waals surface area contributed by atoms with Crippen molar-refractivity contribution in [2.45, 2.75) is 33.1 Å². The van der Waals surface area contributed by atoms with Crippen molar-refractivity contribution < 1.29 is 4.74 Å². The van der Waals surface area contributed by atoms with Crippen LogP contribution in [-0.4, -0.2) is 16.5 Å². The normalized spacial score (nSPS) is 10.4. The van der Waals surface area contributed by atoms with Gasteiger partial charge in [0.25, 0.3) is 0 Å². The van der Waals surface area contributed by atoms with Gasteiger partial charge in [0.1, 0.15) is 17.3 Å². The van der Waals surface area contributed by atoms with Crippen LogP contribution in [0.5, 0.6) is 11.5 Å². The average molecular weight is 362 g/mol. The van der Waals surface area contributed by atoms with E-state index in [-0.39, 0.29) is 0 Å². The smallest absolute Gasteiger partial charge is 0.229 e. The van der Waals surface area contributed by atoms with Crippen molar-refractivity contribution in [3.05, 3.63) is 66.4 Å². The molecule has 27 heavy (non-hydrogen) atoms. The molecule has 0 atom stereocenters. The Morgan fingerprint density at radius 1 is 0.889 bits per heavy atom. The molecule has 5 nitrogen and oxygen atoms in total. The van der Waals surface area contributed by atoms with Crippen molar-refractivity contribution in [1.29, 1.82) is 0 Å². The fourth-order valence-corrected chi connectivity index (χ4v) is 2.67. The summed E-state index contributed by atoms with van der Waals surface area (Å²) in [5.74, 6) is 3.05. The Hall–Kier alpha value is -3.08. The highest BCUT2D eigenvalue weighted by molar-refractivity contribution is 5.56. The van der Waals surface area contributed by atoms with Gasteiger partial charge in [0.2, 0.25) is 5.95 Å². The first-order valence-corrected chi connectivity index (χ1v) is 9.42. The minimum Gasteiger partial charge on any atom is -0.457 e. The summed E-state index contributed by atoms with van der Waals surface area (Å²) in [4.78, 5) is 9.02. The first-order chi connectivity index (χ1) is 13.2. The predicted octanol–water partition coefficient (Wildman–Crippen LogP) is 5.92. The van der Waals surface area contributed by atoms with Gasteiger partial charge in [0.15, 0.2) is 0 Å². The van der Waals surface area contributed by atoms with Crippen molar-refractivity contribution in [2.75, 3.05) is 17.2 Å². The number of hydrogen-bond acceptors (Lipinski definition) is 5. The van der Waals surface area contributed by atoms with E-state index in [0.717, 1.165) is 41.7 Å². The van der Waals surface area contributed by atoms with Crippen LogP contribution in [0.2, 0.25) is 0 Å². The van der Waals surface area contributed by atoms with Crippen LogP contribution in [0.3, 0.4) is 0 Å². The Kier molecular flexibility index (Phi) is 6.63. The van der Waals surface area contributed by atoms with Crippen LogP contribution in [0.25, 0.3) is 0 Å². The van der Waals surface area contributed by atoms with Gasteiger partial charge in [-0.1, -0.05) is 38.0 Å². The lowest BCUT2D eigenvalue weighted by atomic mass is 10.2. The van der Waals surface area contributed by atoms with E-state index in [0.29, 0.717) is 5.95 Å². The molecule has 2 N–H and O–H groups in total. The third-order valence-electron chi connectivity index (χ3n) is 4.03. The molecule has 0 aliphatic rings. The van der Waals surface area contributed by atoms with Crippen molar-refractivity contribution in [2.24, 2.45) is 0 Å². The summed E-state index contributed by atoms with van der Waals surface area (Å²) < 4.78 is 5.82. The highest BCUT2D eigenvalue weighted by Gasteiger charge is 2.04. The zero-order valence-corrected chi connectivity index (χ0v) is 15.9. The molecule has 0 spiro atoms. The molecule has 140 valence electrons. The second-order valence-corrected chi connectivity index (χ2v) is 6.42. The highest BCUT2D eigenvalue weighted by Crippen LogP contribution is 2.24. The molecular weight excluding hydrogens is 336 g/mol. The summed E-state index contributed by atoms with van der Waals surface area (Å²) in [6.07, 6.45) is 3.58. The standard InChI is InChI=1S/C22H26N4O/c1-3-4-8-15-23-21-16-17(2)24-22(26-21)25-18-11-13-20(14-12-18)27-19-9-6-5-7-10-19/h5-7,9-14,16H,3-4,8,15H2,1-2H3,(H2,23,24,25,26). The molecule has 1 heterocycles. The lowest BCUT2D eigenvalue weighted by Crippen LogP contribution is -2.06. The summed E-state index contributed by atoms with van der Waals surface area (Å²) in [6, 6.07) is 19.5. The zero-order chi connectivity index (χ0) is 18.9. The maximum absolute atomic E-state index is 5.82. The summed E-state index contributed by atoms with van der Waals surface area (Å²) in [6.45, 7) is 5.10. The Morgan fingerprint density at radius 3 is 2.37 bits per heavy atom. The van der Waals surface area contributed by atoms with Crippen LogP contribution in [0.4, 0.5) is 17.5 Å². The molecule has 5 heteroatoms. The molecule has 2 aromatic carbocycles. The van der Waals surface area contributed by atoms with Crippen LogP contribution >= 0.6 is 0 Å². The fraction of sp³-hybridized carbons (Fsp3) is 0.273. The van der Waals surface area contributed by atoms with Crippen molar-refractivity contribution in [3.63, 3.8) is 0 Å². The second kappa shape index (κ2) is 9.57. The molecular formula is C22H26N4O. The van der Waals surface area contributed by atoms with Gasteiger partial charge in [-0.3, -0.25) is 0 Å². The number of unbranched alkanes of at least 4 members (excludes halogenated alkanes) is 2. The molecule has 0 aliphatic carbocycles. The molecule has 0 aliphatic heterocycles. The number of hydrogen-bond donors (Lipinski definition) is 2. The van der Waals surface area contributed by atoms with Crippen LogP contribution in [0.15, 0.2) is 60.7 Å². The minimum atomic E-state index is 0.588. The lowest BCUT2D eigenvalue weighted by Gasteiger charge is -2.11. The van der Waals surface area contributed by atoms with E-state index in [1.807, 2.05) is 67.6 Å². The van der Waals surface area contributed by atoms with Crippen LogP contribution in [-0.2, 0) is 0 Å². The average Bonchev–Trinajstić information content (AvgIpc) is 2.67. The number of nitrogens with one attached hydrogen (secondary N) is 2. The van der Waals surface area contributed by atoms with Crippen molar-refractivity contribution >= 4 is 17.5 Å². The number of anilines is 3. The van der Waals surface area contributed by atoms with Gasteiger partial charge in [0.05, 0.1) is 0 Å².